The molecule has 0 saturated heterocycles. The van der Waals surface area contributed by atoms with Gasteiger partial charge in [0.15, 0.2) is 0 Å². The Balaban J connectivity index is 1.52. The number of nitro groups is 1. The van der Waals surface area contributed by atoms with Crippen LogP contribution in [0.1, 0.15) is 21.5 Å². The summed E-state index contributed by atoms with van der Waals surface area (Å²) in [4.78, 5) is 22.4. The smallest absolute Gasteiger partial charge is 0.271 e. The third kappa shape index (κ3) is 4.48. The molecule has 7 nitrogen and oxygen atoms in total. The Morgan fingerprint density at radius 3 is 2.48 bits per heavy atom. The number of halogens is 1. The van der Waals surface area contributed by atoms with Crippen LogP contribution in [0.3, 0.4) is 0 Å². The highest BCUT2D eigenvalue weighted by atomic mass is 19.1. The van der Waals surface area contributed by atoms with Gasteiger partial charge < -0.3 is 4.57 Å². The van der Waals surface area contributed by atoms with Gasteiger partial charge in [0.2, 0.25) is 0 Å². The second kappa shape index (κ2) is 8.58. The molecule has 0 unspecified atom stereocenters. The molecule has 0 bridgehead atoms. The van der Waals surface area contributed by atoms with Gasteiger partial charge in [-0.05, 0) is 35.9 Å². The van der Waals surface area contributed by atoms with Crippen LogP contribution in [0.25, 0.3) is 10.9 Å². The van der Waals surface area contributed by atoms with Crippen molar-refractivity contribution in [2.24, 2.45) is 5.10 Å². The molecule has 0 aliphatic carbocycles. The van der Waals surface area contributed by atoms with Crippen LogP contribution in [0.4, 0.5) is 10.1 Å². The summed E-state index contributed by atoms with van der Waals surface area (Å²) >= 11 is 0. The monoisotopic (exact) mass is 416 g/mol. The maximum absolute atomic E-state index is 13.2. The van der Waals surface area contributed by atoms with Crippen molar-refractivity contribution >= 4 is 28.7 Å². The van der Waals surface area contributed by atoms with Crippen molar-refractivity contribution in [1.82, 2.24) is 9.99 Å². The molecule has 3 aromatic carbocycles. The third-order valence-electron chi connectivity index (χ3n) is 4.80. The number of rotatable bonds is 6. The number of fused-ring (bicyclic) bond motifs is 1. The van der Waals surface area contributed by atoms with Crippen LogP contribution >= 0.6 is 0 Å². The number of nitrogens with zero attached hydrogens (tertiary/aromatic N) is 3. The topological polar surface area (TPSA) is 89.5 Å². The number of benzene rings is 3. The van der Waals surface area contributed by atoms with Gasteiger partial charge in [-0.25, -0.2) is 9.82 Å². The fourth-order valence-corrected chi connectivity index (χ4v) is 3.25. The van der Waals surface area contributed by atoms with E-state index in [9.17, 15) is 19.3 Å². The average molecular weight is 416 g/mol. The first-order valence-electron chi connectivity index (χ1n) is 9.41. The van der Waals surface area contributed by atoms with Crippen LogP contribution in [0, 0.1) is 15.9 Å². The molecule has 0 atom stereocenters. The summed E-state index contributed by atoms with van der Waals surface area (Å²) in [6.07, 6.45) is 3.46. The molecule has 1 heterocycles. The zero-order valence-corrected chi connectivity index (χ0v) is 16.2. The quantitative estimate of drug-likeness (QED) is 0.285. The van der Waals surface area contributed by atoms with E-state index in [-0.39, 0.29) is 17.1 Å². The van der Waals surface area contributed by atoms with E-state index in [1.807, 2.05) is 35.0 Å². The largest absolute Gasteiger partial charge is 0.342 e. The normalized spacial score (nSPS) is 11.1. The SMILES string of the molecule is O=C(NN=Cc1cn(Cc2ccc(F)cc2)c2ccccc12)c1ccc([N+](=O)[O-])cc1. The Morgan fingerprint density at radius 1 is 1.06 bits per heavy atom. The van der Waals surface area contributed by atoms with Crippen LogP contribution in [-0.2, 0) is 6.54 Å². The molecular formula is C23H17FN4O3. The summed E-state index contributed by atoms with van der Waals surface area (Å²) in [5, 5.41) is 15.7. The number of carbonyl (C=O) groups excluding carboxylic acids is 1. The van der Waals surface area contributed by atoms with Gasteiger partial charge in [0.1, 0.15) is 5.82 Å². The van der Waals surface area contributed by atoms with Crippen LogP contribution in [0.5, 0.6) is 0 Å². The number of hydrogen-bond donors (Lipinski definition) is 1. The van der Waals surface area contributed by atoms with E-state index in [1.54, 1.807) is 18.3 Å². The summed E-state index contributed by atoms with van der Waals surface area (Å²) in [6, 6.07) is 19.4. The van der Waals surface area contributed by atoms with Crippen molar-refractivity contribution < 1.29 is 14.1 Å². The summed E-state index contributed by atoms with van der Waals surface area (Å²) in [5.41, 5.74) is 5.36. The number of amides is 1. The zero-order valence-electron chi connectivity index (χ0n) is 16.2. The third-order valence-corrected chi connectivity index (χ3v) is 4.80. The van der Waals surface area contributed by atoms with E-state index >= 15 is 0 Å². The fraction of sp³-hybridized carbons (Fsp3) is 0.0435. The second-order valence-electron chi connectivity index (χ2n) is 6.86. The van der Waals surface area contributed by atoms with E-state index in [2.05, 4.69) is 10.5 Å². The molecule has 1 aromatic heterocycles. The summed E-state index contributed by atoms with van der Waals surface area (Å²) < 4.78 is 15.2. The van der Waals surface area contributed by atoms with Gasteiger partial charge in [-0.2, -0.15) is 5.10 Å². The molecular weight excluding hydrogens is 399 g/mol. The molecule has 1 N–H and O–H groups in total. The molecule has 0 spiro atoms. The number of aromatic nitrogens is 1. The van der Waals surface area contributed by atoms with E-state index in [1.165, 1.54) is 36.4 Å². The van der Waals surface area contributed by atoms with E-state index < -0.39 is 10.8 Å². The Hall–Kier alpha value is -4.33. The second-order valence-corrected chi connectivity index (χ2v) is 6.86. The number of nitro benzene ring substituents is 1. The molecule has 0 aliphatic heterocycles. The van der Waals surface area contributed by atoms with E-state index in [0.29, 0.717) is 6.54 Å². The summed E-state index contributed by atoms with van der Waals surface area (Å²) in [7, 11) is 0. The molecule has 0 radical (unpaired) electrons. The van der Waals surface area contributed by atoms with Crippen LogP contribution in [0.15, 0.2) is 84.1 Å². The molecule has 31 heavy (non-hydrogen) atoms. The molecule has 8 heteroatoms. The average Bonchev–Trinajstić information content (AvgIpc) is 3.13. The minimum atomic E-state index is -0.526. The Bertz CT molecular complexity index is 1280. The van der Waals surface area contributed by atoms with Crippen LogP contribution < -0.4 is 5.43 Å². The fourth-order valence-electron chi connectivity index (χ4n) is 3.25. The number of hydrogen-bond acceptors (Lipinski definition) is 4. The Labute approximate surface area is 176 Å². The summed E-state index contributed by atoms with van der Waals surface area (Å²) in [6.45, 7) is 0.559. The summed E-state index contributed by atoms with van der Waals surface area (Å²) in [5.74, 6) is -0.751. The van der Waals surface area contributed by atoms with Gasteiger partial charge in [-0.15, -0.1) is 0 Å². The highest BCUT2D eigenvalue weighted by Gasteiger charge is 2.10. The lowest BCUT2D eigenvalue weighted by molar-refractivity contribution is -0.384. The molecule has 0 saturated carbocycles. The van der Waals surface area contributed by atoms with Crippen LogP contribution in [-0.4, -0.2) is 21.6 Å². The Kier molecular flexibility index (Phi) is 5.53. The predicted molar refractivity (Wildman–Crippen MR) is 116 cm³/mol. The zero-order chi connectivity index (χ0) is 21.8. The lowest BCUT2D eigenvalue weighted by Crippen LogP contribution is -2.17. The van der Waals surface area contributed by atoms with Gasteiger partial charge in [-0.3, -0.25) is 14.9 Å². The van der Waals surface area contributed by atoms with Crippen molar-refractivity contribution in [2.75, 3.05) is 0 Å². The molecule has 4 rings (SSSR count). The molecule has 1 amide bonds. The molecule has 0 aliphatic rings. The number of para-hydroxylation sites is 1. The van der Waals surface area contributed by atoms with Gasteiger partial charge in [0.05, 0.1) is 11.1 Å². The standard InChI is InChI=1S/C23H17FN4O3/c24-19-9-5-16(6-10-19)14-27-15-18(21-3-1-2-4-22(21)27)13-25-26-23(29)17-7-11-20(12-8-17)28(30)31/h1-13,15H,14H2,(H,26,29). The maximum atomic E-state index is 13.2. The number of non-ortho nitro benzene ring substituents is 1. The molecule has 154 valence electrons. The lowest BCUT2D eigenvalue weighted by Gasteiger charge is -2.05. The predicted octanol–water partition coefficient (Wildman–Crippen LogP) is 4.50. The first-order valence-corrected chi connectivity index (χ1v) is 9.41. The van der Waals surface area contributed by atoms with E-state index in [0.717, 1.165) is 22.0 Å². The molecule has 4 aromatic rings. The minimum Gasteiger partial charge on any atom is -0.342 e. The molecule has 0 fully saturated rings. The van der Waals surface area contributed by atoms with Crippen molar-refractivity contribution in [3.05, 3.63) is 112 Å². The highest BCUT2D eigenvalue weighted by molar-refractivity contribution is 6.00. The van der Waals surface area contributed by atoms with Gasteiger partial charge in [0, 0.05) is 46.9 Å². The minimum absolute atomic E-state index is 0.0889. The van der Waals surface area contributed by atoms with Gasteiger partial charge in [-0.1, -0.05) is 30.3 Å². The van der Waals surface area contributed by atoms with Gasteiger partial charge >= 0.3 is 0 Å². The van der Waals surface area contributed by atoms with Crippen molar-refractivity contribution in [1.29, 1.82) is 0 Å². The number of nitrogens with one attached hydrogen (secondary N) is 1. The van der Waals surface area contributed by atoms with Crippen molar-refractivity contribution in [3.8, 4) is 0 Å². The first kappa shape index (κ1) is 20.0. The van der Waals surface area contributed by atoms with Crippen molar-refractivity contribution in [2.45, 2.75) is 6.54 Å². The first-order chi connectivity index (χ1) is 15.0. The van der Waals surface area contributed by atoms with Gasteiger partial charge in [0.25, 0.3) is 11.6 Å². The lowest BCUT2D eigenvalue weighted by atomic mass is 10.2. The highest BCUT2D eigenvalue weighted by Crippen LogP contribution is 2.21. The maximum Gasteiger partial charge on any atom is 0.271 e. The van der Waals surface area contributed by atoms with Crippen LogP contribution in [0.2, 0.25) is 0 Å². The van der Waals surface area contributed by atoms with Crippen molar-refractivity contribution in [3.63, 3.8) is 0 Å². The number of carbonyl (C=O) groups is 1. The Morgan fingerprint density at radius 2 is 1.77 bits per heavy atom. The number of hydrazone groups is 1. The van der Waals surface area contributed by atoms with E-state index in [4.69, 9.17) is 0 Å².